The van der Waals surface area contributed by atoms with Gasteiger partial charge in [-0.2, -0.15) is 0 Å². The second-order valence-corrected chi connectivity index (χ2v) is 4.79. The fraction of sp³-hybridized carbons (Fsp3) is 0.643. The molecule has 1 heterocycles. The maximum absolute atomic E-state index is 11.4. The average Bonchev–Trinajstić information content (AvgIpc) is 2.41. The molecule has 1 aromatic heterocycles. The third-order valence-corrected chi connectivity index (χ3v) is 3.64. The molecule has 0 aliphatic rings. The lowest BCUT2D eigenvalue weighted by Crippen LogP contribution is -2.37. The Bertz CT molecular complexity index is 417. The van der Waals surface area contributed by atoms with Crippen LogP contribution in [0.4, 0.5) is 5.82 Å². The number of aromatic nitrogens is 2. The summed E-state index contributed by atoms with van der Waals surface area (Å²) in [5.74, 6) is -0.0567. The molecule has 5 heteroatoms. The molecule has 0 bridgehead atoms. The first-order valence-corrected chi connectivity index (χ1v) is 6.86. The van der Waals surface area contributed by atoms with Crippen molar-refractivity contribution in [2.24, 2.45) is 5.41 Å². The van der Waals surface area contributed by atoms with Gasteiger partial charge in [-0.25, -0.2) is 9.97 Å². The van der Waals surface area contributed by atoms with E-state index in [1.54, 1.807) is 0 Å². The zero-order chi connectivity index (χ0) is 14.3. The van der Waals surface area contributed by atoms with Crippen LogP contribution >= 0.6 is 0 Å². The fourth-order valence-corrected chi connectivity index (χ4v) is 2.02. The van der Waals surface area contributed by atoms with Crippen LogP contribution in [0.1, 0.15) is 45.7 Å². The summed E-state index contributed by atoms with van der Waals surface area (Å²) in [6.45, 7) is 6.29. The monoisotopic (exact) mass is 265 g/mol. The molecular formula is C14H23N3O2. The van der Waals surface area contributed by atoms with Gasteiger partial charge in [0.15, 0.2) is 0 Å². The van der Waals surface area contributed by atoms with Gasteiger partial charge in [-0.15, -0.1) is 0 Å². The number of hydrogen-bond donors (Lipinski definition) is 2. The predicted octanol–water partition coefficient (Wildman–Crippen LogP) is 2.73. The lowest BCUT2D eigenvalue weighted by molar-refractivity contribution is -0.148. The van der Waals surface area contributed by atoms with Gasteiger partial charge < -0.3 is 10.4 Å². The molecule has 0 fully saturated rings. The van der Waals surface area contributed by atoms with Gasteiger partial charge in [0.1, 0.15) is 12.1 Å². The van der Waals surface area contributed by atoms with Crippen LogP contribution in [0.25, 0.3) is 0 Å². The third-order valence-electron chi connectivity index (χ3n) is 3.64. The van der Waals surface area contributed by atoms with Crippen LogP contribution in [0.3, 0.4) is 0 Å². The summed E-state index contributed by atoms with van der Waals surface area (Å²) >= 11 is 0. The molecular weight excluding hydrogens is 242 g/mol. The van der Waals surface area contributed by atoms with Gasteiger partial charge in [-0.1, -0.05) is 27.2 Å². The summed E-state index contributed by atoms with van der Waals surface area (Å²) in [4.78, 5) is 19.7. The van der Waals surface area contributed by atoms with Crippen LogP contribution in [0.5, 0.6) is 0 Å². The first-order valence-electron chi connectivity index (χ1n) is 6.86. The first-order chi connectivity index (χ1) is 9.07. The van der Waals surface area contributed by atoms with Crippen LogP contribution in [0.15, 0.2) is 12.4 Å². The van der Waals surface area contributed by atoms with Crippen molar-refractivity contribution in [3.63, 3.8) is 0 Å². The lowest BCUT2D eigenvalue weighted by atomic mass is 9.82. The molecule has 0 atom stereocenters. The Balaban J connectivity index is 2.74. The van der Waals surface area contributed by atoms with Crippen molar-refractivity contribution < 1.29 is 9.90 Å². The first kappa shape index (κ1) is 15.4. The minimum absolute atomic E-state index is 0.387. The highest BCUT2D eigenvalue weighted by Crippen LogP contribution is 2.27. The van der Waals surface area contributed by atoms with Crippen LogP contribution in [-0.2, 0) is 11.2 Å². The molecule has 5 nitrogen and oxygen atoms in total. The van der Waals surface area contributed by atoms with Crippen LogP contribution in [-0.4, -0.2) is 27.6 Å². The molecule has 106 valence electrons. The number of carboxylic acid groups (broad SMARTS) is 1. The molecule has 0 aliphatic carbocycles. The smallest absolute Gasteiger partial charge is 0.311 e. The summed E-state index contributed by atoms with van der Waals surface area (Å²) in [5, 5.41) is 12.5. The molecule has 1 rings (SSSR count). The Morgan fingerprint density at radius 1 is 1.32 bits per heavy atom. The van der Waals surface area contributed by atoms with Crippen molar-refractivity contribution in [1.82, 2.24) is 9.97 Å². The molecule has 0 saturated heterocycles. The summed E-state index contributed by atoms with van der Waals surface area (Å²) in [7, 11) is 0. The Hall–Kier alpha value is -1.65. The minimum atomic E-state index is -0.757. The number of rotatable bonds is 8. The van der Waals surface area contributed by atoms with E-state index in [9.17, 15) is 9.90 Å². The average molecular weight is 265 g/mol. The molecule has 19 heavy (non-hydrogen) atoms. The molecule has 2 N–H and O–H groups in total. The van der Waals surface area contributed by atoms with Crippen LogP contribution in [0, 0.1) is 5.41 Å². The lowest BCUT2D eigenvalue weighted by Gasteiger charge is -2.27. The van der Waals surface area contributed by atoms with E-state index in [0.29, 0.717) is 25.2 Å². The molecule has 0 radical (unpaired) electrons. The zero-order valence-corrected chi connectivity index (χ0v) is 11.9. The van der Waals surface area contributed by atoms with Crippen LogP contribution < -0.4 is 5.32 Å². The summed E-state index contributed by atoms with van der Waals surface area (Å²) in [6.07, 6.45) is 4.65. The largest absolute Gasteiger partial charge is 0.481 e. The van der Waals surface area contributed by atoms with Crippen molar-refractivity contribution in [3.05, 3.63) is 18.1 Å². The number of nitrogens with one attached hydrogen (secondary N) is 1. The van der Waals surface area contributed by atoms with Gasteiger partial charge in [0, 0.05) is 18.3 Å². The second kappa shape index (κ2) is 7.07. The highest BCUT2D eigenvalue weighted by molar-refractivity contribution is 5.75. The van der Waals surface area contributed by atoms with E-state index in [1.165, 1.54) is 6.33 Å². The predicted molar refractivity (Wildman–Crippen MR) is 75.2 cm³/mol. The Kier molecular flexibility index (Phi) is 5.73. The van der Waals surface area contributed by atoms with E-state index in [1.807, 2.05) is 19.9 Å². The highest BCUT2D eigenvalue weighted by Gasteiger charge is 2.34. The fourth-order valence-electron chi connectivity index (χ4n) is 2.02. The van der Waals surface area contributed by atoms with E-state index in [0.717, 1.165) is 18.5 Å². The maximum Gasteiger partial charge on any atom is 0.311 e. The number of hydrogen-bond acceptors (Lipinski definition) is 4. The summed E-state index contributed by atoms with van der Waals surface area (Å²) < 4.78 is 0. The van der Waals surface area contributed by atoms with E-state index in [2.05, 4.69) is 22.2 Å². The second-order valence-electron chi connectivity index (χ2n) is 4.79. The van der Waals surface area contributed by atoms with Gasteiger partial charge in [-0.05, 0) is 19.3 Å². The van der Waals surface area contributed by atoms with Crippen LogP contribution in [0.2, 0.25) is 0 Å². The number of carboxylic acids is 1. The third kappa shape index (κ3) is 3.91. The molecule has 0 unspecified atom stereocenters. The maximum atomic E-state index is 11.4. The minimum Gasteiger partial charge on any atom is -0.481 e. The molecule has 0 aromatic carbocycles. The Morgan fingerprint density at radius 3 is 2.53 bits per heavy atom. The highest BCUT2D eigenvalue weighted by atomic mass is 16.4. The van der Waals surface area contributed by atoms with Crippen molar-refractivity contribution in [1.29, 1.82) is 0 Å². The quantitative estimate of drug-likeness (QED) is 0.756. The van der Waals surface area contributed by atoms with E-state index < -0.39 is 11.4 Å². The van der Waals surface area contributed by atoms with E-state index >= 15 is 0 Å². The number of anilines is 1. The molecule has 1 aromatic rings. The SMILES string of the molecule is CCCc1cc(NCC(CC)(CC)C(=O)O)ncn1. The number of aryl methyl sites for hydroxylation is 1. The van der Waals surface area contributed by atoms with Gasteiger partial charge >= 0.3 is 5.97 Å². The van der Waals surface area contributed by atoms with Gasteiger partial charge in [-0.3, -0.25) is 4.79 Å². The zero-order valence-electron chi connectivity index (χ0n) is 11.9. The summed E-state index contributed by atoms with van der Waals surface area (Å²) in [5.41, 5.74) is 0.254. The topological polar surface area (TPSA) is 75.1 Å². The molecule has 0 amide bonds. The standard InChI is InChI=1S/C14H23N3O2/c1-4-7-11-8-12(17-10-16-11)15-9-14(5-2,6-3)13(18)19/h8,10H,4-7,9H2,1-3H3,(H,18,19)(H,15,16,17). The van der Waals surface area contributed by atoms with Crippen molar-refractivity contribution in [2.45, 2.75) is 46.5 Å². The van der Waals surface area contributed by atoms with Gasteiger partial charge in [0.05, 0.1) is 5.41 Å². The van der Waals surface area contributed by atoms with Gasteiger partial charge in [0.2, 0.25) is 0 Å². The number of nitrogens with zero attached hydrogens (tertiary/aromatic N) is 2. The van der Waals surface area contributed by atoms with Gasteiger partial charge in [0.25, 0.3) is 0 Å². The normalized spacial score (nSPS) is 11.3. The number of carbonyl (C=O) groups is 1. The number of aliphatic carboxylic acids is 1. The Labute approximate surface area is 114 Å². The van der Waals surface area contributed by atoms with E-state index in [-0.39, 0.29) is 0 Å². The molecule has 0 aliphatic heterocycles. The van der Waals surface area contributed by atoms with Crippen molar-refractivity contribution in [3.8, 4) is 0 Å². The summed E-state index contributed by atoms with van der Waals surface area (Å²) in [6, 6.07) is 1.89. The Morgan fingerprint density at radius 2 is 2.00 bits per heavy atom. The molecule has 0 spiro atoms. The molecule has 0 saturated carbocycles. The van der Waals surface area contributed by atoms with Crippen molar-refractivity contribution in [2.75, 3.05) is 11.9 Å². The van der Waals surface area contributed by atoms with Crippen molar-refractivity contribution >= 4 is 11.8 Å². The van der Waals surface area contributed by atoms with E-state index in [4.69, 9.17) is 0 Å².